The van der Waals surface area contributed by atoms with Gasteiger partial charge in [0.1, 0.15) is 9.71 Å². The second-order valence-electron chi connectivity index (χ2n) is 7.67. The standard InChI is InChI=1S/C21H27N3O4S/c1-27-21(26)18-17(23-19(25)14-5-3-2-4-6-14)16-8-7-15(22-20(16)29-18)13-24-9-11-28-12-10-24/h7-8,14H,2-6,9-13H2,1H3,(H,23,25). The molecular formula is C21H27N3O4S. The predicted molar refractivity (Wildman–Crippen MR) is 112 cm³/mol. The van der Waals surface area contributed by atoms with E-state index >= 15 is 0 Å². The van der Waals surface area contributed by atoms with Gasteiger partial charge in [-0.15, -0.1) is 11.3 Å². The fourth-order valence-electron chi connectivity index (χ4n) is 4.04. The Balaban J connectivity index is 1.60. The van der Waals surface area contributed by atoms with E-state index in [2.05, 4.69) is 10.2 Å². The maximum absolute atomic E-state index is 12.8. The van der Waals surface area contributed by atoms with Crippen LogP contribution in [0.15, 0.2) is 12.1 Å². The lowest BCUT2D eigenvalue weighted by Gasteiger charge is -2.26. The highest BCUT2D eigenvalue weighted by Gasteiger charge is 2.26. The van der Waals surface area contributed by atoms with E-state index in [1.807, 2.05) is 12.1 Å². The molecule has 1 N–H and O–H groups in total. The summed E-state index contributed by atoms with van der Waals surface area (Å²) in [6.07, 6.45) is 5.17. The second-order valence-corrected chi connectivity index (χ2v) is 8.66. The fourth-order valence-corrected chi connectivity index (χ4v) is 5.11. The number of hydrogen-bond donors (Lipinski definition) is 1. The Labute approximate surface area is 174 Å². The average molecular weight is 418 g/mol. The number of rotatable bonds is 5. The lowest BCUT2D eigenvalue weighted by molar-refractivity contribution is -0.120. The van der Waals surface area contributed by atoms with Crippen LogP contribution in [0.3, 0.4) is 0 Å². The van der Waals surface area contributed by atoms with Crippen molar-refractivity contribution >= 4 is 39.1 Å². The number of esters is 1. The fraction of sp³-hybridized carbons (Fsp3) is 0.571. The van der Waals surface area contributed by atoms with E-state index in [4.69, 9.17) is 14.5 Å². The number of morpholine rings is 1. The number of nitrogens with zero attached hydrogens (tertiary/aromatic N) is 2. The summed E-state index contributed by atoms with van der Waals surface area (Å²) in [6, 6.07) is 3.93. The quantitative estimate of drug-likeness (QED) is 0.751. The monoisotopic (exact) mass is 417 g/mol. The summed E-state index contributed by atoms with van der Waals surface area (Å²) in [5.74, 6) is -0.439. The first-order chi connectivity index (χ1) is 14.2. The van der Waals surface area contributed by atoms with Gasteiger partial charge in [-0.3, -0.25) is 9.69 Å². The van der Waals surface area contributed by atoms with Gasteiger partial charge in [-0.1, -0.05) is 19.3 Å². The maximum atomic E-state index is 12.8. The molecule has 0 bridgehead atoms. The van der Waals surface area contributed by atoms with Crippen molar-refractivity contribution in [3.05, 3.63) is 22.7 Å². The molecule has 0 unspecified atom stereocenters. The number of methoxy groups -OCH3 is 1. The van der Waals surface area contributed by atoms with Gasteiger partial charge in [-0.25, -0.2) is 9.78 Å². The van der Waals surface area contributed by atoms with E-state index in [0.29, 0.717) is 10.6 Å². The molecule has 8 heteroatoms. The van der Waals surface area contributed by atoms with Crippen LogP contribution in [0.2, 0.25) is 0 Å². The second kappa shape index (κ2) is 9.19. The highest BCUT2D eigenvalue weighted by atomic mass is 32.1. The zero-order valence-electron chi connectivity index (χ0n) is 16.7. The van der Waals surface area contributed by atoms with Crippen LogP contribution in [-0.4, -0.2) is 55.2 Å². The topological polar surface area (TPSA) is 80.8 Å². The van der Waals surface area contributed by atoms with Crippen LogP contribution in [0, 0.1) is 5.92 Å². The van der Waals surface area contributed by atoms with E-state index < -0.39 is 5.97 Å². The van der Waals surface area contributed by atoms with Crippen LogP contribution in [-0.2, 0) is 20.8 Å². The number of ether oxygens (including phenoxy) is 2. The number of carbonyl (C=O) groups excluding carboxylic acids is 2. The Kier molecular flexibility index (Phi) is 6.42. The molecule has 0 aromatic carbocycles. The third kappa shape index (κ3) is 4.60. The van der Waals surface area contributed by atoms with Crippen molar-refractivity contribution in [1.29, 1.82) is 0 Å². The summed E-state index contributed by atoms with van der Waals surface area (Å²) in [6.45, 7) is 4.01. The van der Waals surface area contributed by atoms with Crippen LogP contribution in [0.1, 0.15) is 47.5 Å². The first-order valence-electron chi connectivity index (χ1n) is 10.3. The highest BCUT2D eigenvalue weighted by Crippen LogP contribution is 2.36. The van der Waals surface area contributed by atoms with Crippen molar-refractivity contribution in [2.45, 2.75) is 38.6 Å². The molecule has 2 aromatic heterocycles. The first kappa shape index (κ1) is 20.3. The first-order valence-corrected chi connectivity index (χ1v) is 11.1. The molecule has 1 saturated carbocycles. The predicted octanol–water partition coefficient (Wildman–Crippen LogP) is 3.43. The molecule has 2 aromatic rings. The summed E-state index contributed by atoms with van der Waals surface area (Å²) in [5.41, 5.74) is 1.49. The van der Waals surface area contributed by atoms with Gasteiger partial charge in [0.15, 0.2) is 0 Å². The zero-order valence-corrected chi connectivity index (χ0v) is 17.6. The van der Waals surface area contributed by atoms with Gasteiger partial charge in [0, 0.05) is 30.9 Å². The van der Waals surface area contributed by atoms with Crippen LogP contribution in [0.5, 0.6) is 0 Å². The van der Waals surface area contributed by atoms with E-state index in [-0.39, 0.29) is 11.8 Å². The van der Waals surface area contributed by atoms with Gasteiger partial charge in [0.25, 0.3) is 0 Å². The molecule has 29 heavy (non-hydrogen) atoms. The normalized spacial score (nSPS) is 18.7. The molecule has 2 aliphatic rings. The van der Waals surface area contributed by atoms with Crippen LogP contribution in [0.4, 0.5) is 5.69 Å². The summed E-state index contributed by atoms with van der Waals surface area (Å²) < 4.78 is 10.4. The van der Waals surface area contributed by atoms with Gasteiger partial charge < -0.3 is 14.8 Å². The van der Waals surface area contributed by atoms with Crippen molar-refractivity contribution in [2.24, 2.45) is 5.92 Å². The molecule has 4 rings (SSSR count). The van der Waals surface area contributed by atoms with E-state index in [9.17, 15) is 9.59 Å². The zero-order chi connectivity index (χ0) is 20.2. The third-order valence-electron chi connectivity index (χ3n) is 5.70. The number of thiophene rings is 1. The van der Waals surface area contributed by atoms with Crippen molar-refractivity contribution in [3.63, 3.8) is 0 Å². The van der Waals surface area contributed by atoms with Gasteiger partial charge in [-0.05, 0) is 25.0 Å². The number of amides is 1. The molecule has 7 nitrogen and oxygen atoms in total. The molecule has 0 radical (unpaired) electrons. The molecule has 1 aliphatic heterocycles. The van der Waals surface area contributed by atoms with E-state index in [1.54, 1.807) is 0 Å². The minimum atomic E-state index is -0.443. The Morgan fingerprint density at radius 3 is 2.72 bits per heavy atom. The number of carbonyl (C=O) groups is 2. The minimum Gasteiger partial charge on any atom is -0.465 e. The van der Waals surface area contributed by atoms with Crippen molar-refractivity contribution in [3.8, 4) is 0 Å². The molecule has 1 aliphatic carbocycles. The van der Waals surface area contributed by atoms with Crippen LogP contribution < -0.4 is 5.32 Å². The molecule has 0 spiro atoms. The largest absolute Gasteiger partial charge is 0.465 e. The molecular weight excluding hydrogens is 390 g/mol. The molecule has 156 valence electrons. The van der Waals surface area contributed by atoms with Crippen molar-refractivity contribution < 1.29 is 19.1 Å². The Morgan fingerprint density at radius 1 is 1.24 bits per heavy atom. The number of hydrogen-bond acceptors (Lipinski definition) is 7. The SMILES string of the molecule is COC(=O)c1sc2nc(CN3CCOCC3)ccc2c1NC(=O)C1CCCCC1. The smallest absolute Gasteiger partial charge is 0.350 e. The summed E-state index contributed by atoms with van der Waals surface area (Å²) >= 11 is 1.28. The van der Waals surface area contributed by atoms with Gasteiger partial charge >= 0.3 is 5.97 Å². The number of pyridine rings is 1. The van der Waals surface area contributed by atoms with Gasteiger partial charge in [0.2, 0.25) is 5.91 Å². The highest BCUT2D eigenvalue weighted by molar-refractivity contribution is 7.21. The number of nitrogens with one attached hydrogen (secondary N) is 1. The molecule has 3 heterocycles. The van der Waals surface area contributed by atoms with E-state index in [0.717, 1.165) is 74.4 Å². The molecule has 1 saturated heterocycles. The minimum absolute atomic E-state index is 0.00746. The molecule has 1 amide bonds. The summed E-state index contributed by atoms with van der Waals surface area (Å²) in [7, 11) is 1.36. The van der Waals surface area contributed by atoms with Crippen LogP contribution >= 0.6 is 11.3 Å². The van der Waals surface area contributed by atoms with Crippen molar-refractivity contribution in [2.75, 3.05) is 38.7 Å². The number of fused-ring (bicyclic) bond motifs is 1. The van der Waals surface area contributed by atoms with E-state index in [1.165, 1.54) is 24.9 Å². The third-order valence-corrected chi connectivity index (χ3v) is 6.78. The number of aromatic nitrogens is 1. The lowest BCUT2D eigenvalue weighted by atomic mass is 9.88. The Morgan fingerprint density at radius 2 is 2.00 bits per heavy atom. The maximum Gasteiger partial charge on any atom is 0.350 e. The molecule has 0 atom stereocenters. The summed E-state index contributed by atoms with van der Waals surface area (Å²) in [5, 5.41) is 3.82. The molecule has 2 fully saturated rings. The van der Waals surface area contributed by atoms with Crippen molar-refractivity contribution in [1.82, 2.24) is 9.88 Å². The van der Waals surface area contributed by atoms with Gasteiger partial charge in [0.05, 0.1) is 31.7 Å². The van der Waals surface area contributed by atoms with Gasteiger partial charge in [-0.2, -0.15) is 0 Å². The Hall–Kier alpha value is -2.03. The lowest BCUT2D eigenvalue weighted by Crippen LogP contribution is -2.35. The summed E-state index contributed by atoms with van der Waals surface area (Å²) in [4.78, 5) is 33.4. The Bertz CT molecular complexity index is 885. The van der Waals surface area contributed by atoms with Crippen LogP contribution in [0.25, 0.3) is 10.2 Å². The number of anilines is 1. The average Bonchev–Trinajstić information content (AvgIpc) is 3.12.